The van der Waals surface area contributed by atoms with Crippen LogP contribution in [0, 0.1) is 0 Å². The zero-order chi connectivity index (χ0) is 13.0. The van der Waals surface area contributed by atoms with Gasteiger partial charge < -0.3 is 5.11 Å². The number of benzene rings is 2. The van der Waals surface area contributed by atoms with Crippen molar-refractivity contribution in [1.29, 1.82) is 0 Å². The van der Waals surface area contributed by atoms with Crippen LogP contribution < -0.4 is 0 Å². The number of hydrogen-bond acceptors (Lipinski definition) is 2. The number of carbonyl (C=O) groups is 1. The van der Waals surface area contributed by atoms with Gasteiger partial charge in [0.1, 0.15) is 0 Å². The summed E-state index contributed by atoms with van der Waals surface area (Å²) in [7, 11) is 0. The second-order valence-corrected chi connectivity index (χ2v) is 5.15. The molecule has 0 unspecified atom stereocenters. The molecule has 0 radical (unpaired) electrons. The lowest BCUT2D eigenvalue weighted by molar-refractivity contribution is 0.0697. The predicted octanol–water partition coefficient (Wildman–Crippen LogP) is 4.33. The van der Waals surface area contributed by atoms with Gasteiger partial charge in [0.2, 0.25) is 0 Å². The molecule has 0 aliphatic carbocycles. The summed E-state index contributed by atoms with van der Waals surface area (Å²) in [5, 5.41) is 9.54. The van der Waals surface area contributed by atoms with Crippen LogP contribution in [0.4, 0.5) is 0 Å². The molecular formula is C14H11ClO2S. The minimum Gasteiger partial charge on any atom is -0.478 e. The molecule has 0 amide bonds. The molecule has 2 aromatic rings. The summed E-state index contributed by atoms with van der Waals surface area (Å²) in [6.45, 7) is 0. The fourth-order valence-corrected chi connectivity index (χ4v) is 2.66. The molecule has 0 spiro atoms. The number of halogens is 1. The zero-order valence-electron chi connectivity index (χ0n) is 9.47. The third-order valence-corrected chi connectivity index (χ3v) is 4.02. The molecule has 2 rings (SSSR count). The van der Waals surface area contributed by atoms with E-state index in [1.165, 1.54) is 0 Å². The van der Waals surface area contributed by atoms with E-state index in [4.69, 9.17) is 16.7 Å². The van der Waals surface area contributed by atoms with Gasteiger partial charge in [0.05, 0.1) is 10.6 Å². The molecule has 1 N–H and O–H groups in total. The van der Waals surface area contributed by atoms with Crippen LogP contribution in [-0.4, -0.2) is 11.1 Å². The molecule has 0 aliphatic heterocycles. The summed E-state index contributed by atoms with van der Waals surface area (Å²) in [6, 6.07) is 14.6. The fraction of sp³-hybridized carbons (Fsp3) is 0.0714. The van der Waals surface area contributed by atoms with Crippen LogP contribution in [-0.2, 0) is 5.75 Å². The van der Waals surface area contributed by atoms with Crippen molar-refractivity contribution in [1.82, 2.24) is 0 Å². The van der Waals surface area contributed by atoms with Crippen LogP contribution in [0.3, 0.4) is 0 Å². The minimum atomic E-state index is -0.902. The van der Waals surface area contributed by atoms with Crippen molar-refractivity contribution < 1.29 is 9.90 Å². The van der Waals surface area contributed by atoms with Crippen LogP contribution in [0.2, 0.25) is 5.02 Å². The monoisotopic (exact) mass is 278 g/mol. The molecule has 0 saturated heterocycles. The smallest absolute Gasteiger partial charge is 0.335 e. The summed E-state index contributed by atoms with van der Waals surface area (Å²) in [4.78, 5) is 11.7. The first-order valence-corrected chi connectivity index (χ1v) is 6.73. The number of rotatable bonds is 4. The quantitative estimate of drug-likeness (QED) is 0.846. The van der Waals surface area contributed by atoms with Crippen LogP contribution in [0.25, 0.3) is 0 Å². The van der Waals surface area contributed by atoms with Crippen LogP contribution in [0.5, 0.6) is 0 Å². The van der Waals surface area contributed by atoms with Gasteiger partial charge >= 0.3 is 5.97 Å². The van der Waals surface area contributed by atoms with E-state index in [9.17, 15) is 4.79 Å². The van der Waals surface area contributed by atoms with Crippen molar-refractivity contribution in [2.75, 3.05) is 0 Å². The van der Waals surface area contributed by atoms with Crippen LogP contribution in [0.1, 0.15) is 15.9 Å². The molecule has 0 fully saturated rings. The van der Waals surface area contributed by atoms with E-state index in [2.05, 4.69) is 0 Å². The highest BCUT2D eigenvalue weighted by Crippen LogP contribution is 2.29. The van der Waals surface area contributed by atoms with Gasteiger partial charge in [-0.25, -0.2) is 4.79 Å². The van der Waals surface area contributed by atoms with Gasteiger partial charge in [-0.2, -0.15) is 0 Å². The molecular weight excluding hydrogens is 268 g/mol. The Labute approximate surface area is 115 Å². The van der Waals surface area contributed by atoms with Crippen molar-refractivity contribution in [3.8, 4) is 0 Å². The second-order valence-electron chi connectivity index (χ2n) is 3.72. The predicted molar refractivity (Wildman–Crippen MR) is 74.4 cm³/mol. The molecule has 2 nitrogen and oxygen atoms in total. The first-order valence-electron chi connectivity index (χ1n) is 5.36. The van der Waals surface area contributed by atoms with E-state index in [0.29, 0.717) is 5.56 Å². The van der Waals surface area contributed by atoms with Gasteiger partial charge in [-0.1, -0.05) is 35.9 Å². The fourth-order valence-electron chi connectivity index (χ4n) is 1.47. The summed E-state index contributed by atoms with van der Waals surface area (Å²) < 4.78 is 0. The van der Waals surface area contributed by atoms with Gasteiger partial charge in [-0.3, -0.25) is 0 Å². The van der Waals surface area contributed by atoms with Crippen molar-refractivity contribution in [2.24, 2.45) is 0 Å². The summed E-state index contributed by atoms with van der Waals surface area (Å²) in [6.07, 6.45) is 0. The Morgan fingerprint density at radius 2 is 1.78 bits per heavy atom. The number of carboxylic acid groups (broad SMARTS) is 1. The third-order valence-electron chi connectivity index (χ3n) is 2.43. The first kappa shape index (κ1) is 13.0. The highest BCUT2D eigenvalue weighted by Gasteiger charge is 2.03. The Balaban J connectivity index is 2.02. The molecule has 0 heterocycles. The van der Waals surface area contributed by atoms with Crippen molar-refractivity contribution in [3.63, 3.8) is 0 Å². The Kier molecular flexibility index (Phi) is 4.28. The molecule has 0 bridgehead atoms. The molecule has 18 heavy (non-hydrogen) atoms. The van der Waals surface area contributed by atoms with E-state index >= 15 is 0 Å². The number of carboxylic acids is 1. The molecule has 92 valence electrons. The minimum absolute atomic E-state index is 0.307. The highest BCUT2D eigenvalue weighted by atomic mass is 35.5. The largest absolute Gasteiger partial charge is 0.478 e. The standard InChI is InChI=1S/C14H11ClO2S/c15-12-3-1-2-4-13(12)18-9-10-5-7-11(8-6-10)14(16)17/h1-8H,9H2,(H,16,17). The van der Waals surface area contributed by atoms with Gasteiger partial charge in [0.15, 0.2) is 0 Å². The van der Waals surface area contributed by atoms with E-state index in [-0.39, 0.29) is 0 Å². The van der Waals surface area contributed by atoms with Crippen molar-refractivity contribution in [3.05, 3.63) is 64.7 Å². The Morgan fingerprint density at radius 3 is 2.39 bits per heavy atom. The normalized spacial score (nSPS) is 10.3. The van der Waals surface area contributed by atoms with E-state index in [0.717, 1.165) is 21.2 Å². The van der Waals surface area contributed by atoms with Crippen molar-refractivity contribution in [2.45, 2.75) is 10.6 Å². The average Bonchev–Trinajstić information content (AvgIpc) is 2.38. The lowest BCUT2D eigenvalue weighted by Crippen LogP contribution is -1.95. The highest BCUT2D eigenvalue weighted by molar-refractivity contribution is 7.98. The van der Waals surface area contributed by atoms with Gasteiger partial charge in [0, 0.05) is 10.6 Å². The maximum Gasteiger partial charge on any atom is 0.335 e. The summed E-state index contributed by atoms with van der Waals surface area (Å²) in [5.74, 6) is -0.135. The molecule has 0 saturated carbocycles. The van der Waals surface area contributed by atoms with Crippen LogP contribution in [0.15, 0.2) is 53.4 Å². The maximum atomic E-state index is 10.7. The lowest BCUT2D eigenvalue weighted by atomic mass is 10.1. The van der Waals surface area contributed by atoms with Gasteiger partial charge in [-0.05, 0) is 29.8 Å². The Morgan fingerprint density at radius 1 is 1.11 bits per heavy atom. The zero-order valence-corrected chi connectivity index (χ0v) is 11.0. The number of aromatic carboxylic acids is 1. The SMILES string of the molecule is O=C(O)c1ccc(CSc2ccccc2Cl)cc1. The first-order chi connectivity index (χ1) is 8.66. The average molecular weight is 279 g/mol. The summed E-state index contributed by atoms with van der Waals surface area (Å²) in [5.41, 5.74) is 1.38. The van der Waals surface area contributed by atoms with Gasteiger partial charge in [0.25, 0.3) is 0 Å². The molecule has 2 aromatic carbocycles. The van der Waals surface area contributed by atoms with Crippen LogP contribution >= 0.6 is 23.4 Å². The van der Waals surface area contributed by atoms with E-state index in [1.54, 1.807) is 23.9 Å². The summed E-state index contributed by atoms with van der Waals surface area (Å²) >= 11 is 7.69. The second kappa shape index (κ2) is 5.94. The molecule has 4 heteroatoms. The Bertz CT molecular complexity index is 552. The van der Waals surface area contributed by atoms with Gasteiger partial charge in [-0.15, -0.1) is 11.8 Å². The Hall–Kier alpha value is -1.45. The van der Waals surface area contributed by atoms with E-state index < -0.39 is 5.97 Å². The molecule has 0 aromatic heterocycles. The maximum absolute atomic E-state index is 10.7. The van der Waals surface area contributed by atoms with Crippen molar-refractivity contribution >= 4 is 29.3 Å². The topological polar surface area (TPSA) is 37.3 Å². The molecule has 0 aliphatic rings. The third kappa shape index (κ3) is 3.28. The van der Waals surface area contributed by atoms with E-state index in [1.807, 2.05) is 36.4 Å². The number of hydrogen-bond donors (Lipinski definition) is 1. The molecule has 0 atom stereocenters. The lowest BCUT2D eigenvalue weighted by Gasteiger charge is -2.04. The number of thioether (sulfide) groups is 1.